The maximum atomic E-state index is 10.4. The number of likely N-dealkylation sites (N-methyl/N-ethyl adjacent to an activating group) is 1. The Balaban J connectivity index is 0. The molecule has 6 heteroatoms. The summed E-state index contributed by atoms with van der Waals surface area (Å²) in [4.78, 5) is 20.8. The van der Waals surface area contributed by atoms with E-state index in [4.69, 9.17) is 10.2 Å². The lowest BCUT2D eigenvalue weighted by atomic mass is 10.2. The molecule has 0 unspecified atom stereocenters. The zero-order chi connectivity index (χ0) is 9.23. The lowest BCUT2D eigenvalue weighted by Gasteiger charge is -2.27. The van der Waals surface area contributed by atoms with Crippen molar-refractivity contribution in [3.05, 3.63) is 0 Å². The molecular weight excluding hydrogens is 164 g/mol. The number of aliphatic carboxylic acids is 2. The number of hydrogen-bond donors (Lipinski definition) is 3. The molecule has 0 aromatic carbocycles. The highest BCUT2D eigenvalue weighted by Crippen LogP contribution is 2.02. The topological polar surface area (TPSA) is 110 Å². The van der Waals surface area contributed by atoms with Gasteiger partial charge in [-0.1, -0.05) is 0 Å². The van der Waals surface area contributed by atoms with E-state index in [0.29, 0.717) is 0 Å². The van der Waals surface area contributed by atoms with Crippen LogP contribution in [0.3, 0.4) is 0 Å². The van der Waals surface area contributed by atoms with Crippen LogP contribution in [-0.2, 0) is 9.59 Å². The smallest absolute Gasteiger partial charge is 0.374 e. The van der Waals surface area contributed by atoms with Crippen LogP contribution in [-0.4, -0.2) is 53.8 Å². The minimum absolute atomic E-state index is 0. The number of carboxylic acid groups (broad SMARTS) is 2. The highest BCUT2D eigenvalue weighted by molar-refractivity contribution is 5.95. The zero-order valence-corrected chi connectivity index (χ0v) is 7.44. The second-order valence-electron chi connectivity index (χ2n) is 3.20. The van der Waals surface area contributed by atoms with Crippen molar-refractivity contribution >= 4 is 11.9 Å². The van der Waals surface area contributed by atoms with Crippen LogP contribution in [0.2, 0.25) is 0 Å². The van der Waals surface area contributed by atoms with Gasteiger partial charge < -0.3 is 20.8 Å². The fourth-order valence-corrected chi connectivity index (χ4v) is 0.768. The maximum absolute atomic E-state index is 10.4. The molecule has 0 heterocycles. The van der Waals surface area contributed by atoms with Gasteiger partial charge in [0.2, 0.25) is 0 Å². The van der Waals surface area contributed by atoms with Crippen molar-refractivity contribution in [1.82, 2.24) is 6.15 Å². The third kappa shape index (κ3) is 3.31. The van der Waals surface area contributed by atoms with Crippen LogP contribution in [0, 0.1) is 0 Å². The van der Waals surface area contributed by atoms with Crippen LogP contribution in [0.25, 0.3) is 0 Å². The van der Waals surface area contributed by atoms with E-state index in [-0.39, 0.29) is 10.6 Å². The van der Waals surface area contributed by atoms with Gasteiger partial charge in [0, 0.05) is 0 Å². The van der Waals surface area contributed by atoms with E-state index in [1.54, 1.807) is 0 Å². The summed E-state index contributed by atoms with van der Waals surface area (Å²) in [7, 11) is 4.56. The Hall–Kier alpha value is -1.14. The van der Waals surface area contributed by atoms with Crippen LogP contribution < -0.4 is 6.15 Å². The van der Waals surface area contributed by atoms with Crippen molar-refractivity contribution in [2.45, 2.75) is 6.04 Å². The summed E-state index contributed by atoms with van der Waals surface area (Å²) < 4.78 is -0.120. The van der Waals surface area contributed by atoms with Gasteiger partial charge in [0.15, 0.2) is 0 Å². The summed E-state index contributed by atoms with van der Waals surface area (Å²) in [6.45, 7) is 0. The Labute approximate surface area is 70.6 Å². The Bertz CT molecular complexity index is 170. The van der Waals surface area contributed by atoms with Crippen molar-refractivity contribution in [3.8, 4) is 0 Å². The number of carbonyl (C=O) groups is 2. The molecule has 6 nitrogen and oxygen atoms in total. The Morgan fingerprint density at radius 2 is 1.33 bits per heavy atom. The number of nitrogens with zero attached hydrogens (tertiary/aromatic N) is 1. The van der Waals surface area contributed by atoms with E-state index < -0.39 is 18.0 Å². The maximum Gasteiger partial charge on any atom is 0.374 e. The first kappa shape index (κ1) is 13.4. The van der Waals surface area contributed by atoms with Crippen molar-refractivity contribution in [3.63, 3.8) is 0 Å². The second kappa shape index (κ2) is 4.03. The molecule has 0 bridgehead atoms. The second-order valence-corrected chi connectivity index (χ2v) is 3.20. The van der Waals surface area contributed by atoms with Crippen LogP contribution in [0.1, 0.15) is 0 Å². The molecular formula is C6H15N2O4+. The first-order valence-corrected chi connectivity index (χ1v) is 3.03. The van der Waals surface area contributed by atoms with Gasteiger partial charge in [0.1, 0.15) is 0 Å². The molecule has 0 saturated heterocycles. The fraction of sp³-hybridized carbons (Fsp3) is 0.667. The van der Waals surface area contributed by atoms with Gasteiger partial charge in [-0.3, -0.25) is 0 Å². The predicted octanol–water partition coefficient (Wildman–Crippen LogP) is -0.608. The van der Waals surface area contributed by atoms with Crippen LogP contribution >= 0.6 is 0 Å². The molecule has 0 amide bonds. The molecule has 12 heavy (non-hydrogen) atoms. The van der Waals surface area contributed by atoms with E-state index in [2.05, 4.69) is 0 Å². The molecule has 0 aliphatic carbocycles. The lowest BCUT2D eigenvalue weighted by Crippen LogP contribution is -2.54. The van der Waals surface area contributed by atoms with Crippen molar-refractivity contribution < 1.29 is 24.3 Å². The predicted molar refractivity (Wildman–Crippen MR) is 42.1 cm³/mol. The molecule has 0 aliphatic rings. The monoisotopic (exact) mass is 179 g/mol. The van der Waals surface area contributed by atoms with Gasteiger partial charge in [0.25, 0.3) is 6.04 Å². The SMILES string of the molecule is C[N+](C)(C)C(C(=O)O)C(=O)O.N. The number of rotatable bonds is 3. The molecule has 0 rings (SSSR count). The van der Waals surface area contributed by atoms with Crippen LogP contribution in [0.15, 0.2) is 0 Å². The molecule has 0 aromatic heterocycles. The largest absolute Gasteiger partial charge is 0.476 e. The Morgan fingerprint density at radius 3 is 1.33 bits per heavy atom. The van der Waals surface area contributed by atoms with Gasteiger partial charge in [-0.05, 0) is 0 Å². The summed E-state index contributed by atoms with van der Waals surface area (Å²) in [5.74, 6) is -2.63. The van der Waals surface area contributed by atoms with E-state index in [9.17, 15) is 9.59 Å². The van der Waals surface area contributed by atoms with Crippen molar-refractivity contribution in [2.75, 3.05) is 21.1 Å². The normalized spacial score (nSPS) is 10.7. The Morgan fingerprint density at radius 1 is 1.08 bits per heavy atom. The van der Waals surface area contributed by atoms with Gasteiger partial charge in [-0.25, -0.2) is 9.59 Å². The van der Waals surface area contributed by atoms with Crippen molar-refractivity contribution in [2.24, 2.45) is 0 Å². The minimum atomic E-state index is -1.39. The molecule has 72 valence electrons. The molecule has 0 radical (unpaired) electrons. The average Bonchev–Trinajstić information content (AvgIpc) is 1.54. The molecule has 5 N–H and O–H groups in total. The molecule has 0 spiro atoms. The summed E-state index contributed by atoms with van der Waals surface area (Å²) in [6, 6.07) is -1.39. The molecule has 0 aliphatic heterocycles. The van der Waals surface area contributed by atoms with Gasteiger partial charge in [-0.15, -0.1) is 0 Å². The quantitative estimate of drug-likeness (QED) is 0.395. The van der Waals surface area contributed by atoms with E-state index in [1.807, 2.05) is 0 Å². The molecule has 0 aromatic rings. The molecule has 0 atom stereocenters. The van der Waals surface area contributed by atoms with Crippen molar-refractivity contribution in [1.29, 1.82) is 0 Å². The summed E-state index contributed by atoms with van der Waals surface area (Å²) in [5, 5.41) is 17.0. The first-order valence-electron chi connectivity index (χ1n) is 3.03. The minimum Gasteiger partial charge on any atom is -0.476 e. The van der Waals surface area contributed by atoms with Gasteiger partial charge in [-0.2, -0.15) is 0 Å². The standard InChI is InChI=1S/C6H11NO4.H3N/c1-7(2,3)4(5(8)9)6(10)11;/h4H,1-3H3,(H-,8,9,10,11);1H3/p+1. The Kier molecular flexibility index (Phi) is 4.52. The third-order valence-corrected chi connectivity index (χ3v) is 1.24. The highest BCUT2D eigenvalue weighted by Gasteiger charge is 2.38. The molecule has 0 fully saturated rings. The third-order valence-electron chi connectivity index (χ3n) is 1.24. The van der Waals surface area contributed by atoms with Gasteiger partial charge in [0.05, 0.1) is 21.1 Å². The fourth-order valence-electron chi connectivity index (χ4n) is 0.768. The van der Waals surface area contributed by atoms with E-state index in [1.165, 1.54) is 21.1 Å². The highest BCUT2D eigenvalue weighted by atomic mass is 16.4. The number of quaternary nitrogens is 1. The summed E-state index contributed by atoms with van der Waals surface area (Å²) in [5.41, 5.74) is 0. The average molecular weight is 179 g/mol. The van der Waals surface area contributed by atoms with E-state index in [0.717, 1.165) is 0 Å². The first-order chi connectivity index (χ1) is 4.76. The number of hydrogen-bond acceptors (Lipinski definition) is 3. The van der Waals surface area contributed by atoms with Gasteiger partial charge >= 0.3 is 11.9 Å². The number of carboxylic acids is 2. The lowest BCUT2D eigenvalue weighted by molar-refractivity contribution is -0.878. The van der Waals surface area contributed by atoms with Crippen LogP contribution in [0.5, 0.6) is 0 Å². The molecule has 0 saturated carbocycles. The zero-order valence-electron chi connectivity index (χ0n) is 7.44. The summed E-state index contributed by atoms with van der Waals surface area (Å²) in [6.07, 6.45) is 0. The van der Waals surface area contributed by atoms with E-state index >= 15 is 0 Å². The van der Waals surface area contributed by atoms with Crippen LogP contribution in [0.4, 0.5) is 0 Å². The summed E-state index contributed by atoms with van der Waals surface area (Å²) >= 11 is 0.